The standard InChI is InChI=1S/C53H62N8O6S/c1-9-32-23-38-39(53(6,7)48-45(46(38)65)37-18-17-35(54-8)24-40(37)58-48)26-41(32)60-21-19-34(20-22-60)57-43(63)11-10-12-44(64)59-49(52(3,4)5)51(67)61-28-36(62)25-42(61)50(66)55-27-31-13-15-33(16-14-31)47-30(2)56-29-68-47/h13-18,23-24,26,29,34,36,42,49,58,62H,9-12,19-22,25,27-28H2,1-7H3,(H,55,66)(H,57,63)(H,59,64)/t36-,42+,49-/m1/s1. The first-order chi connectivity index (χ1) is 32.4. The van der Waals surface area contributed by atoms with Crippen molar-refractivity contribution in [3.05, 3.63) is 111 Å². The maximum absolute atomic E-state index is 14.1. The molecule has 4 amide bonds. The number of H-pyrrole nitrogens is 1. The van der Waals surface area contributed by atoms with Gasteiger partial charge in [0, 0.05) is 84.7 Å². The highest BCUT2D eigenvalue weighted by atomic mass is 32.1. The third-order valence-corrected chi connectivity index (χ3v) is 15.0. The van der Waals surface area contributed by atoms with E-state index in [1.54, 1.807) is 23.5 Å². The Morgan fingerprint density at radius 2 is 1.75 bits per heavy atom. The van der Waals surface area contributed by atoms with Crippen molar-refractivity contribution in [2.24, 2.45) is 5.41 Å². The van der Waals surface area contributed by atoms with Crippen molar-refractivity contribution >= 4 is 63.0 Å². The van der Waals surface area contributed by atoms with Gasteiger partial charge in [-0.2, -0.15) is 0 Å². The molecule has 15 heteroatoms. The van der Waals surface area contributed by atoms with Crippen molar-refractivity contribution < 1.29 is 29.1 Å². The first-order valence-corrected chi connectivity index (χ1v) is 24.6. The molecule has 4 heterocycles. The first-order valence-electron chi connectivity index (χ1n) is 23.7. The second-order valence-electron chi connectivity index (χ2n) is 20.2. The quantitative estimate of drug-likeness (QED) is 0.0747. The lowest BCUT2D eigenvalue weighted by Crippen LogP contribution is -2.57. The lowest BCUT2D eigenvalue weighted by Gasteiger charge is -2.38. The van der Waals surface area contributed by atoms with Crippen molar-refractivity contribution in [1.82, 2.24) is 30.8 Å². The number of ketones is 1. The number of aliphatic hydroxyl groups excluding tert-OH is 1. The summed E-state index contributed by atoms with van der Waals surface area (Å²) < 4.78 is 0. The molecule has 3 aromatic carbocycles. The zero-order valence-corrected chi connectivity index (χ0v) is 40.9. The zero-order valence-electron chi connectivity index (χ0n) is 40.0. The summed E-state index contributed by atoms with van der Waals surface area (Å²) in [5.41, 5.74) is 10.2. The number of carbonyl (C=O) groups excluding carboxylic acids is 5. The highest BCUT2D eigenvalue weighted by Gasteiger charge is 2.45. The van der Waals surface area contributed by atoms with Crippen LogP contribution >= 0.6 is 11.3 Å². The van der Waals surface area contributed by atoms with Gasteiger partial charge in [0.15, 0.2) is 11.5 Å². The Bertz CT molecular complexity index is 2810. The van der Waals surface area contributed by atoms with Crippen molar-refractivity contribution in [3.63, 3.8) is 0 Å². The first kappa shape index (κ1) is 48.1. The number of amides is 4. The molecule has 356 valence electrons. The SMILES string of the molecule is [C-]#[N+]c1ccc2c3c([nH]c2c1)C(C)(C)c1cc(N2CCC(NC(=O)CCCC(=O)N[C@H](C(=O)N4C[C@H](O)C[C@H]4C(=O)NCc4ccc(-c5scnc5C)cc4)C(C)(C)C)CC2)c(CC)cc1C3=O. The number of nitrogens with one attached hydrogen (secondary N) is 4. The molecule has 0 saturated carbocycles. The summed E-state index contributed by atoms with van der Waals surface area (Å²) in [5, 5.41) is 20.5. The second-order valence-corrected chi connectivity index (χ2v) is 21.0. The number of aryl methyl sites for hydroxylation is 2. The average molecular weight is 939 g/mol. The summed E-state index contributed by atoms with van der Waals surface area (Å²) in [6.45, 7) is 23.0. The van der Waals surface area contributed by atoms with Gasteiger partial charge in [-0.1, -0.05) is 77.9 Å². The molecule has 8 rings (SSSR count). The number of hydrogen-bond donors (Lipinski definition) is 5. The number of aromatic amines is 1. The molecule has 5 N–H and O–H groups in total. The smallest absolute Gasteiger partial charge is 0.246 e. The minimum Gasteiger partial charge on any atom is -0.391 e. The van der Waals surface area contributed by atoms with Gasteiger partial charge in [0.1, 0.15) is 12.1 Å². The van der Waals surface area contributed by atoms with Crippen LogP contribution in [0.4, 0.5) is 11.4 Å². The van der Waals surface area contributed by atoms with Crippen LogP contribution in [0.1, 0.15) is 124 Å². The maximum Gasteiger partial charge on any atom is 0.246 e. The highest BCUT2D eigenvalue weighted by Crippen LogP contribution is 2.46. The molecule has 0 spiro atoms. The Morgan fingerprint density at radius 1 is 1.03 bits per heavy atom. The molecular weight excluding hydrogens is 877 g/mol. The minimum absolute atomic E-state index is 0.00573. The van der Waals surface area contributed by atoms with Gasteiger partial charge in [-0.3, -0.25) is 24.0 Å². The predicted molar refractivity (Wildman–Crippen MR) is 265 cm³/mol. The van der Waals surface area contributed by atoms with Crippen LogP contribution < -0.4 is 20.9 Å². The average Bonchev–Trinajstić information content (AvgIpc) is 4.05. The van der Waals surface area contributed by atoms with Gasteiger partial charge in [-0.15, -0.1) is 11.3 Å². The molecule has 3 aliphatic rings. The topological polar surface area (TPSA) is 181 Å². The molecule has 1 aliphatic carbocycles. The van der Waals surface area contributed by atoms with Crippen LogP contribution in [-0.4, -0.2) is 93.3 Å². The fourth-order valence-corrected chi connectivity index (χ4v) is 10.9. The van der Waals surface area contributed by atoms with Crippen molar-refractivity contribution in [1.29, 1.82) is 0 Å². The van der Waals surface area contributed by atoms with Crippen LogP contribution in [0.15, 0.2) is 60.1 Å². The van der Waals surface area contributed by atoms with Gasteiger partial charge < -0.3 is 35.8 Å². The number of nitrogens with zero attached hydrogens (tertiary/aromatic N) is 4. The molecule has 2 saturated heterocycles. The predicted octanol–water partition coefficient (Wildman–Crippen LogP) is 7.65. The molecule has 5 aromatic rings. The summed E-state index contributed by atoms with van der Waals surface area (Å²) in [6.07, 6.45) is 1.93. The van der Waals surface area contributed by atoms with Gasteiger partial charge in [-0.05, 0) is 78.5 Å². The Balaban J connectivity index is 0.820. The van der Waals surface area contributed by atoms with Gasteiger partial charge in [-0.25, -0.2) is 9.83 Å². The number of carbonyl (C=O) groups is 5. The number of benzene rings is 3. The van der Waals surface area contributed by atoms with Crippen LogP contribution in [0.2, 0.25) is 0 Å². The van der Waals surface area contributed by atoms with E-state index in [1.165, 1.54) is 4.90 Å². The number of piperidine rings is 1. The number of aromatic nitrogens is 2. The van der Waals surface area contributed by atoms with E-state index < -0.39 is 34.9 Å². The maximum atomic E-state index is 14.1. The van der Waals surface area contributed by atoms with E-state index in [0.29, 0.717) is 23.2 Å². The second kappa shape index (κ2) is 19.3. The van der Waals surface area contributed by atoms with E-state index in [0.717, 1.165) is 87.5 Å². The van der Waals surface area contributed by atoms with Gasteiger partial charge in [0.05, 0.1) is 34.3 Å². The highest BCUT2D eigenvalue weighted by molar-refractivity contribution is 7.13. The van der Waals surface area contributed by atoms with E-state index in [9.17, 15) is 29.1 Å². The molecule has 0 bridgehead atoms. The number of thiazole rings is 1. The molecule has 2 fully saturated rings. The number of β-amino-alcohol motifs (C(OH)–C–C–N with tert-alkyl or cyclic N) is 1. The number of aliphatic hydroxyl groups is 1. The van der Waals surface area contributed by atoms with Gasteiger partial charge in [0.2, 0.25) is 23.6 Å². The molecular formula is C53H62N8O6S. The van der Waals surface area contributed by atoms with Crippen LogP contribution in [0, 0.1) is 18.9 Å². The van der Waals surface area contributed by atoms with Crippen LogP contribution in [0.5, 0.6) is 0 Å². The molecule has 3 atom stereocenters. The Labute approximate surface area is 402 Å². The Hall–Kier alpha value is -6.37. The summed E-state index contributed by atoms with van der Waals surface area (Å²) in [4.78, 5) is 84.5. The van der Waals surface area contributed by atoms with E-state index in [2.05, 4.69) is 68.6 Å². The van der Waals surface area contributed by atoms with Crippen molar-refractivity contribution in [2.45, 2.75) is 130 Å². The van der Waals surface area contributed by atoms with Gasteiger partial charge in [0.25, 0.3) is 0 Å². The fraction of sp³-hybridized carbons (Fsp3) is 0.453. The molecule has 2 aliphatic heterocycles. The lowest BCUT2D eigenvalue weighted by atomic mass is 9.70. The number of fused-ring (bicyclic) bond motifs is 4. The van der Waals surface area contributed by atoms with Crippen LogP contribution in [0.3, 0.4) is 0 Å². The van der Waals surface area contributed by atoms with Crippen molar-refractivity contribution in [3.8, 4) is 10.4 Å². The minimum atomic E-state index is -0.960. The Kier molecular flexibility index (Phi) is 13.7. The lowest BCUT2D eigenvalue weighted by molar-refractivity contribution is -0.144. The van der Waals surface area contributed by atoms with Crippen LogP contribution in [0.25, 0.3) is 26.2 Å². The fourth-order valence-electron chi connectivity index (χ4n) is 10.1. The zero-order chi connectivity index (χ0) is 48.7. The normalized spacial score (nSPS) is 18.4. The third kappa shape index (κ3) is 9.67. The third-order valence-electron chi connectivity index (χ3n) is 14.0. The summed E-state index contributed by atoms with van der Waals surface area (Å²) in [7, 11) is 0. The molecule has 68 heavy (non-hydrogen) atoms. The van der Waals surface area contributed by atoms with E-state index in [1.807, 2.05) is 63.5 Å². The largest absolute Gasteiger partial charge is 0.391 e. The monoisotopic (exact) mass is 938 g/mol. The van der Waals surface area contributed by atoms with Crippen molar-refractivity contribution in [2.75, 3.05) is 24.5 Å². The van der Waals surface area contributed by atoms with E-state index >= 15 is 0 Å². The number of hydrogen-bond acceptors (Lipinski definition) is 9. The summed E-state index contributed by atoms with van der Waals surface area (Å²) in [5.74, 6) is -1.31. The van der Waals surface area contributed by atoms with Crippen LogP contribution in [-0.2, 0) is 37.6 Å². The number of likely N-dealkylation sites (tertiary alicyclic amines) is 1. The number of rotatable bonds is 13. The molecule has 0 unspecified atom stereocenters. The van der Waals surface area contributed by atoms with E-state index in [-0.39, 0.29) is 61.9 Å². The van der Waals surface area contributed by atoms with Gasteiger partial charge >= 0.3 is 0 Å². The Morgan fingerprint density at radius 3 is 2.41 bits per heavy atom. The van der Waals surface area contributed by atoms with E-state index in [4.69, 9.17) is 6.57 Å². The molecule has 2 aromatic heterocycles. The summed E-state index contributed by atoms with van der Waals surface area (Å²) in [6, 6.07) is 15.7. The summed E-state index contributed by atoms with van der Waals surface area (Å²) >= 11 is 1.57. The molecule has 14 nitrogen and oxygen atoms in total. The molecule has 0 radical (unpaired) electrons. The number of anilines is 1.